The summed E-state index contributed by atoms with van der Waals surface area (Å²) >= 11 is 0. The molecule has 1 aromatic heterocycles. The number of nitriles is 1. The van der Waals surface area contributed by atoms with E-state index in [0.717, 1.165) is 36.9 Å². The van der Waals surface area contributed by atoms with Gasteiger partial charge in [-0.15, -0.1) is 0 Å². The van der Waals surface area contributed by atoms with Gasteiger partial charge in [0.1, 0.15) is 11.7 Å². The average molecular weight is 432 g/mol. The van der Waals surface area contributed by atoms with Gasteiger partial charge < -0.3 is 20.5 Å². The lowest BCUT2D eigenvalue weighted by Gasteiger charge is -2.57. The third kappa shape index (κ3) is 3.80. The lowest BCUT2D eigenvalue weighted by Crippen LogP contribution is -2.58. The highest BCUT2D eigenvalue weighted by Gasteiger charge is 2.54. The van der Waals surface area contributed by atoms with Gasteiger partial charge in [0.25, 0.3) is 11.8 Å². The molecular formula is C24H24N4O4. The maximum Gasteiger partial charge on any atom is 0.254 e. The van der Waals surface area contributed by atoms with Crippen molar-refractivity contribution in [1.29, 1.82) is 5.26 Å². The van der Waals surface area contributed by atoms with Gasteiger partial charge in [-0.05, 0) is 55.4 Å². The summed E-state index contributed by atoms with van der Waals surface area (Å²) in [5, 5.41) is 12.1. The standard InChI is InChI=1S/C24H24N4O4/c25-12-14-2-1-3-15(6-14)22(30)27-17-8-24(9-17)10-18(11-24)32-23-19(21(26)29)7-16-13-31-5-4-20(16)28-23/h1-3,6-7,17-18H,4-5,8-11,13H2,(H2,26,29)(H,27,30)/t17-,18-,24?. The number of primary amides is 1. The smallest absolute Gasteiger partial charge is 0.254 e. The van der Waals surface area contributed by atoms with Crippen molar-refractivity contribution in [2.24, 2.45) is 11.1 Å². The molecule has 8 heteroatoms. The number of nitrogens with two attached hydrogens (primary N) is 1. The fraction of sp³-hybridized carbons (Fsp3) is 0.417. The van der Waals surface area contributed by atoms with Gasteiger partial charge in [0.2, 0.25) is 5.88 Å². The van der Waals surface area contributed by atoms with Crippen LogP contribution in [0.25, 0.3) is 0 Å². The molecule has 2 aromatic rings. The molecule has 1 spiro atoms. The summed E-state index contributed by atoms with van der Waals surface area (Å²) in [4.78, 5) is 28.9. The van der Waals surface area contributed by atoms with E-state index in [4.69, 9.17) is 20.5 Å². The summed E-state index contributed by atoms with van der Waals surface area (Å²) < 4.78 is 11.5. The van der Waals surface area contributed by atoms with Crippen LogP contribution in [-0.4, -0.2) is 35.6 Å². The Labute approximate surface area is 185 Å². The van der Waals surface area contributed by atoms with Crippen molar-refractivity contribution in [1.82, 2.24) is 10.3 Å². The molecule has 0 atom stereocenters. The Bertz CT molecular complexity index is 1130. The number of hydrogen-bond acceptors (Lipinski definition) is 6. The molecule has 1 aromatic carbocycles. The predicted molar refractivity (Wildman–Crippen MR) is 114 cm³/mol. The summed E-state index contributed by atoms with van der Waals surface area (Å²) in [6, 6.07) is 10.6. The molecule has 0 radical (unpaired) electrons. The molecule has 1 aliphatic heterocycles. The third-order valence-corrected chi connectivity index (χ3v) is 6.71. The second-order valence-electron chi connectivity index (χ2n) is 9.03. The van der Waals surface area contributed by atoms with Crippen LogP contribution in [0.15, 0.2) is 30.3 Å². The first-order valence-corrected chi connectivity index (χ1v) is 10.8. The molecule has 2 aliphatic carbocycles. The lowest BCUT2D eigenvalue weighted by molar-refractivity contribution is -0.0849. The van der Waals surface area contributed by atoms with Crippen LogP contribution in [0.4, 0.5) is 0 Å². The van der Waals surface area contributed by atoms with E-state index in [1.807, 2.05) is 0 Å². The number of nitrogens with zero attached hydrogens (tertiary/aromatic N) is 2. The van der Waals surface area contributed by atoms with E-state index in [-0.39, 0.29) is 23.5 Å². The van der Waals surface area contributed by atoms with Crippen molar-refractivity contribution in [2.45, 2.75) is 50.9 Å². The van der Waals surface area contributed by atoms with E-state index >= 15 is 0 Å². The number of pyridine rings is 1. The second-order valence-corrected chi connectivity index (χ2v) is 9.03. The lowest BCUT2D eigenvalue weighted by atomic mass is 9.53. The van der Waals surface area contributed by atoms with E-state index < -0.39 is 5.91 Å². The van der Waals surface area contributed by atoms with Crippen LogP contribution in [0.5, 0.6) is 5.88 Å². The Morgan fingerprint density at radius 1 is 1.25 bits per heavy atom. The predicted octanol–water partition coefficient (Wildman–Crippen LogP) is 2.24. The van der Waals surface area contributed by atoms with Crippen LogP contribution >= 0.6 is 0 Å². The zero-order valence-corrected chi connectivity index (χ0v) is 17.6. The number of amides is 2. The van der Waals surface area contributed by atoms with Gasteiger partial charge in [-0.3, -0.25) is 9.59 Å². The zero-order valence-electron chi connectivity index (χ0n) is 17.6. The maximum atomic E-state index is 12.5. The molecule has 2 fully saturated rings. The number of hydrogen-bond donors (Lipinski definition) is 2. The first-order valence-electron chi connectivity index (χ1n) is 10.8. The summed E-state index contributed by atoms with van der Waals surface area (Å²) in [5.41, 5.74) is 8.78. The van der Waals surface area contributed by atoms with Gasteiger partial charge in [0.05, 0.1) is 30.5 Å². The minimum absolute atomic E-state index is 0.0116. The Hall–Kier alpha value is -3.44. The number of ether oxygens (including phenoxy) is 2. The minimum Gasteiger partial charge on any atom is -0.474 e. The molecule has 0 unspecified atom stereocenters. The Balaban J connectivity index is 1.16. The number of benzene rings is 1. The topological polar surface area (TPSA) is 127 Å². The quantitative estimate of drug-likeness (QED) is 0.746. The fourth-order valence-electron chi connectivity index (χ4n) is 5.10. The fourth-order valence-corrected chi connectivity index (χ4v) is 5.10. The highest BCUT2D eigenvalue weighted by atomic mass is 16.5. The Kier molecular flexibility index (Phi) is 5.06. The van der Waals surface area contributed by atoms with Crippen LogP contribution in [0.3, 0.4) is 0 Å². The van der Waals surface area contributed by atoms with E-state index in [1.54, 1.807) is 30.3 Å². The summed E-state index contributed by atoms with van der Waals surface area (Å²) in [6.45, 7) is 1.04. The summed E-state index contributed by atoms with van der Waals surface area (Å²) in [5.74, 6) is -0.385. The largest absolute Gasteiger partial charge is 0.474 e. The number of fused-ring (bicyclic) bond motifs is 1. The second kappa shape index (κ2) is 7.92. The number of carbonyl (C=O) groups is 2. The van der Waals surface area contributed by atoms with E-state index in [2.05, 4.69) is 16.4 Å². The van der Waals surface area contributed by atoms with Gasteiger partial charge in [-0.2, -0.15) is 5.26 Å². The van der Waals surface area contributed by atoms with E-state index in [9.17, 15) is 9.59 Å². The van der Waals surface area contributed by atoms with Crippen molar-refractivity contribution < 1.29 is 19.1 Å². The van der Waals surface area contributed by atoms with Crippen molar-refractivity contribution >= 4 is 11.8 Å². The maximum absolute atomic E-state index is 12.5. The molecule has 0 bridgehead atoms. The monoisotopic (exact) mass is 432 g/mol. The minimum atomic E-state index is -0.554. The molecule has 2 amide bonds. The normalized spacial score (nSPS) is 25.6. The molecule has 32 heavy (non-hydrogen) atoms. The van der Waals surface area contributed by atoms with Crippen molar-refractivity contribution in [3.8, 4) is 11.9 Å². The Morgan fingerprint density at radius 2 is 2.06 bits per heavy atom. The van der Waals surface area contributed by atoms with Crippen LogP contribution in [0.1, 0.15) is 63.2 Å². The molecule has 2 heterocycles. The van der Waals surface area contributed by atoms with Crippen LogP contribution in [-0.2, 0) is 17.8 Å². The van der Waals surface area contributed by atoms with Gasteiger partial charge in [-0.25, -0.2) is 4.98 Å². The summed E-state index contributed by atoms with van der Waals surface area (Å²) in [7, 11) is 0. The zero-order chi connectivity index (χ0) is 22.3. The number of nitrogens with one attached hydrogen (secondary N) is 1. The van der Waals surface area contributed by atoms with Crippen molar-refractivity contribution in [3.63, 3.8) is 0 Å². The van der Waals surface area contributed by atoms with Gasteiger partial charge in [-0.1, -0.05) is 6.07 Å². The van der Waals surface area contributed by atoms with Gasteiger partial charge in [0.15, 0.2) is 0 Å². The molecular weight excluding hydrogens is 408 g/mol. The van der Waals surface area contributed by atoms with Crippen LogP contribution < -0.4 is 15.8 Å². The Morgan fingerprint density at radius 3 is 2.81 bits per heavy atom. The highest BCUT2D eigenvalue weighted by molar-refractivity contribution is 5.95. The van der Waals surface area contributed by atoms with Crippen molar-refractivity contribution in [2.75, 3.05) is 6.61 Å². The number of rotatable bonds is 5. The number of carbonyl (C=O) groups excluding carboxylic acids is 2. The highest BCUT2D eigenvalue weighted by Crippen LogP contribution is 2.56. The molecule has 3 aliphatic rings. The van der Waals surface area contributed by atoms with Gasteiger partial charge >= 0.3 is 0 Å². The van der Waals surface area contributed by atoms with E-state index in [0.29, 0.717) is 42.2 Å². The molecule has 164 valence electrons. The molecule has 3 N–H and O–H groups in total. The summed E-state index contributed by atoms with van der Waals surface area (Å²) in [6.07, 6.45) is 4.20. The first-order chi connectivity index (χ1) is 15.4. The van der Waals surface area contributed by atoms with Crippen molar-refractivity contribution in [3.05, 3.63) is 58.3 Å². The molecule has 2 saturated carbocycles. The van der Waals surface area contributed by atoms with Gasteiger partial charge in [0, 0.05) is 23.6 Å². The molecule has 0 saturated heterocycles. The molecule has 8 nitrogen and oxygen atoms in total. The number of aromatic nitrogens is 1. The third-order valence-electron chi connectivity index (χ3n) is 6.71. The average Bonchev–Trinajstić information content (AvgIpc) is 2.75. The van der Waals surface area contributed by atoms with E-state index in [1.165, 1.54) is 0 Å². The molecule has 5 rings (SSSR count). The SMILES string of the molecule is N#Cc1cccc(C(=O)N[C@H]2CC3(C2)C[C@H](Oc2nc4c(cc2C(N)=O)COCC4)C3)c1. The first kappa shape index (κ1) is 20.5. The van der Waals surface area contributed by atoms with Crippen LogP contribution in [0.2, 0.25) is 0 Å². The van der Waals surface area contributed by atoms with Crippen LogP contribution in [0, 0.1) is 16.7 Å².